The number of benzene rings is 2. The summed E-state index contributed by atoms with van der Waals surface area (Å²) in [7, 11) is 1.81. The molecule has 144 valence electrons. The molecule has 3 aromatic rings. The molecule has 0 bridgehead atoms. The third kappa shape index (κ3) is 4.45. The lowest BCUT2D eigenvalue weighted by Crippen LogP contribution is -2.14. The summed E-state index contributed by atoms with van der Waals surface area (Å²) in [6, 6.07) is 12.8. The largest absolute Gasteiger partial charge is 0.326 e. The van der Waals surface area contributed by atoms with Crippen LogP contribution >= 0.6 is 11.8 Å². The van der Waals surface area contributed by atoms with Gasteiger partial charge in [-0.05, 0) is 55.5 Å². The number of nitrogens with zero attached hydrogens (tertiary/aromatic N) is 3. The summed E-state index contributed by atoms with van der Waals surface area (Å²) in [6.45, 7) is 3.24. The van der Waals surface area contributed by atoms with Crippen molar-refractivity contribution >= 4 is 29.1 Å². The van der Waals surface area contributed by atoms with Crippen LogP contribution in [0.15, 0.2) is 53.7 Å². The van der Waals surface area contributed by atoms with Gasteiger partial charge in [-0.15, -0.1) is 10.2 Å². The van der Waals surface area contributed by atoms with Gasteiger partial charge in [-0.3, -0.25) is 9.59 Å². The van der Waals surface area contributed by atoms with Crippen LogP contribution in [0.2, 0.25) is 0 Å². The van der Waals surface area contributed by atoms with Gasteiger partial charge in [-0.25, -0.2) is 4.39 Å². The first kappa shape index (κ1) is 19.8. The first-order chi connectivity index (χ1) is 13.3. The van der Waals surface area contributed by atoms with Crippen molar-refractivity contribution in [1.29, 1.82) is 0 Å². The van der Waals surface area contributed by atoms with E-state index in [0.717, 1.165) is 5.56 Å². The lowest BCUT2D eigenvalue weighted by atomic mass is 10.1. The summed E-state index contributed by atoms with van der Waals surface area (Å²) in [5, 5.41) is 11.2. The Morgan fingerprint density at radius 3 is 2.32 bits per heavy atom. The molecule has 0 radical (unpaired) electrons. The van der Waals surface area contributed by atoms with Crippen molar-refractivity contribution < 1.29 is 14.0 Å². The fraction of sp³-hybridized carbons (Fsp3) is 0.200. The number of halogens is 1. The molecule has 0 fully saturated rings. The predicted octanol–water partition coefficient (Wildman–Crippen LogP) is 3.94. The van der Waals surface area contributed by atoms with E-state index in [-0.39, 0.29) is 22.8 Å². The van der Waals surface area contributed by atoms with Gasteiger partial charge in [0.2, 0.25) is 5.91 Å². The number of Topliss-reactive ketones (excluding diaryl/α,β-unsaturated/α-hetero) is 1. The van der Waals surface area contributed by atoms with E-state index >= 15 is 0 Å². The molecule has 1 atom stereocenters. The average molecular weight is 398 g/mol. The van der Waals surface area contributed by atoms with Gasteiger partial charge in [0, 0.05) is 30.8 Å². The van der Waals surface area contributed by atoms with Crippen molar-refractivity contribution in [2.45, 2.75) is 24.3 Å². The average Bonchev–Trinajstić information content (AvgIpc) is 3.02. The van der Waals surface area contributed by atoms with Crippen LogP contribution in [-0.2, 0) is 11.8 Å². The van der Waals surface area contributed by atoms with Gasteiger partial charge in [0.15, 0.2) is 16.8 Å². The molecule has 1 N–H and O–H groups in total. The van der Waals surface area contributed by atoms with Crippen LogP contribution in [0.1, 0.15) is 24.2 Å². The van der Waals surface area contributed by atoms with Crippen LogP contribution in [0.5, 0.6) is 0 Å². The van der Waals surface area contributed by atoms with Crippen LogP contribution in [0.3, 0.4) is 0 Å². The van der Waals surface area contributed by atoms with Gasteiger partial charge in [0.1, 0.15) is 5.82 Å². The number of carbonyl (C=O) groups excluding carboxylic acids is 2. The summed E-state index contributed by atoms with van der Waals surface area (Å²) >= 11 is 1.30. The summed E-state index contributed by atoms with van der Waals surface area (Å²) in [5.41, 5.74) is 1.94. The lowest BCUT2D eigenvalue weighted by Gasteiger charge is -2.11. The zero-order valence-electron chi connectivity index (χ0n) is 15.6. The molecule has 1 unspecified atom stereocenters. The molecule has 0 spiro atoms. The third-order valence-corrected chi connectivity index (χ3v) is 5.21. The highest BCUT2D eigenvalue weighted by molar-refractivity contribution is 8.00. The van der Waals surface area contributed by atoms with Crippen LogP contribution in [0.25, 0.3) is 11.4 Å². The van der Waals surface area contributed by atoms with Crippen molar-refractivity contribution in [3.8, 4) is 11.4 Å². The van der Waals surface area contributed by atoms with Crippen LogP contribution in [-0.4, -0.2) is 31.7 Å². The standard InChI is InChI=1S/C20H19FN4O2S/c1-12(18(27)14-6-10-17(11-7-14)22-13(2)26)28-20-24-23-19(25(20)3)15-4-8-16(21)9-5-15/h4-12H,1-3H3,(H,22,26). The number of aromatic nitrogens is 3. The quantitative estimate of drug-likeness (QED) is 0.503. The van der Waals surface area contributed by atoms with E-state index in [1.165, 1.54) is 30.8 Å². The molecule has 0 saturated heterocycles. The molecule has 0 aliphatic heterocycles. The Hall–Kier alpha value is -3.00. The Balaban J connectivity index is 1.72. The SMILES string of the molecule is CC(=O)Nc1ccc(C(=O)C(C)Sc2nnc(-c3ccc(F)cc3)n2C)cc1. The lowest BCUT2D eigenvalue weighted by molar-refractivity contribution is -0.114. The Morgan fingerprint density at radius 2 is 1.71 bits per heavy atom. The van der Waals surface area contributed by atoms with Gasteiger partial charge in [-0.1, -0.05) is 11.8 Å². The van der Waals surface area contributed by atoms with E-state index in [1.54, 1.807) is 54.9 Å². The zero-order chi connectivity index (χ0) is 20.3. The maximum atomic E-state index is 13.1. The molecule has 3 rings (SSSR count). The zero-order valence-corrected chi connectivity index (χ0v) is 16.5. The summed E-state index contributed by atoms with van der Waals surface area (Å²) in [5.74, 6) is 0.0685. The Morgan fingerprint density at radius 1 is 1.07 bits per heavy atom. The van der Waals surface area contributed by atoms with Gasteiger partial charge >= 0.3 is 0 Å². The highest BCUT2D eigenvalue weighted by Crippen LogP contribution is 2.27. The summed E-state index contributed by atoms with van der Waals surface area (Å²) in [6.07, 6.45) is 0. The number of ketones is 1. The van der Waals surface area contributed by atoms with Crippen LogP contribution in [0, 0.1) is 5.82 Å². The summed E-state index contributed by atoms with van der Waals surface area (Å²) in [4.78, 5) is 23.8. The highest BCUT2D eigenvalue weighted by Gasteiger charge is 2.20. The molecular formula is C20H19FN4O2S. The second kappa shape index (κ2) is 8.35. The minimum Gasteiger partial charge on any atom is -0.326 e. The first-order valence-electron chi connectivity index (χ1n) is 8.59. The van der Waals surface area contributed by atoms with E-state index < -0.39 is 0 Å². The monoisotopic (exact) mass is 398 g/mol. The molecule has 0 aliphatic carbocycles. The van der Waals surface area contributed by atoms with E-state index in [1.807, 2.05) is 0 Å². The normalized spacial score (nSPS) is 11.9. The van der Waals surface area contributed by atoms with Gasteiger partial charge in [-0.2, -0.15) is 0 Å². The summed E-state index contributed by atoms with van der Waals surface area (Å²) < 4.78 is 14.9. The highest BCUT2D eigenvalue weighted by atomic mass is 32.2. The van der Waals surface area contributed by atoms with Gasteiger partial charge in [0.05, 0.1) is 5.25 Å². The number of amides is 1. The molecule has 1 amide bonds. The van der Waals surface area contributed by atoms with E-state index in [0.29, 0.717) is 22.2 Å². The topological polar surface area (TPSA) is 76.9 Å². The molecule has 6 nitrogen and oxygen atoms in total. The van der Waals surface area contributed by atoms with E-state index in [9.17, 15) is 14.0 Å². The van der Waals surface area contributed by atoms with Gasteiger partial charge in [0.25, 0.3) is 0 Å². The maximum Gasteiger partial charge on any atom is 0.221 e. The molecule has 8 heteroatoms. The second-order valence-electron chi connectivity index (χ2n) is 6.25. The molecule has 0 aliphatic rings. The van der Waals surface area contributed by atoms with Crippen molar-refractivity contribution in [3.63, 3.8) is 0 Å². The van der Waals surface area contributed by atoms with Gasteiger partial charge < -0.3 is 9.88 Å². The first-order valence-corrected chi connectivity index (χ1v) is 9.47. The molecule has 28 heavy (non-hydrogen) atoms. The number of rotatable bonds is 6. The van der Waals surface area contributed by atoms with Crippen molar-refractivity contribution in [2.24, 2.45) is 7.05 Å². The number of thioether (sulfide) groups is 1. The minimum atomic E-state index is -0.379. The molecular weight excluding hydrogens is 379 g/mol. The van der Waals surface area contributed by atoms with Crippen molar-refractivity contribution in [3.05, 3.63) is 59.9 Å². The Kier molecular flexibility index (Phi) is 5.89. The number of anilines is 1. The smallest absolute Gasteiger partial charge is 0.221 e. The molecule has 2 aromatic carbocycles. The second-order valence-corrected chi connectivity index (χ2v) is 7.56. The van der Waals surface area contributed by atoms with Crippen LogP contribution in [0.4, 0.5) is 10.1 Å². The number of hydrogen-bond donors (Lipinski definition) is 1. The number of nitrogens with one attached hydrogen (secondary N) is 1. The number of hydrogen-bond acceptors (Lipinski definition) is 5. The fourth-order valence-corrected chi connectivity index (χ4v) is 3.53. The predicted molar refractivity (Wildman–Crippen MR) is 107 cm³/mol. The van der Waals surface area contributed by atoms with Crippen molar-refractivity contribution in [2.75, 3.05) is 5.32 Å². The van der Waals surface area contributed by atoms with E-state index in [4.69, 9.17) is 0 Å². The molecule has 1 aromatic heterocycles. The Labute approximate surface area is 166 Å². The van der Waals surface area contributed by atoms with Crippen molar-refractivity contribution in [1.82, 2.24) is 14.8 Å². The Bertz CT molecular complexity index is 1000. The molecule has 0 saturated carbocycles. The molecule has 1 heterocycles. The number of carbonyl (C=O) groups is 2. The van der Waals surface area contributed by atoms with Crippen LogP contribution < -0.4 is 5.32 Å². The third-order valence-electron chi connectivity index (χ3n) is 4.08. The fourth-order valence-electron chi connectivity index (χ4n) is 2.64. The van der Waals surface area contributed by atoms with E-state index in [2.05, 4.69) is 15.5 Å². The maximum absolute atomic E-state index is 13.1. The minimum absolute atomic E-state index is 0.0503.